The number of phenolic OH excluding ortho intramolecular Hbond substituents is 1. The summed E-state index contributed by atoms with van der Waals surface area (Å²) in [5.41, 5.74) is 2.81. The number of aromatic hydroxyl groups is 1. The predicted octanol–water partition coefficient (Wildman–Crippen LogP) is 3.80. The van der Waals surface area contributed by atoms with Gasteiger partial charge in [0.25, 0.3) is 0 Å². The van der Waals surface area contributed by atoms with Crippen LogP contribution >= 0.6 is 0 Å². The molecule has 1 aromatic rings. The van der Waals surface area contributed by atoms with Gasteiger partial charge in [0.1, 0.15) is 5.75 Å². The highest BCUT2D eigenvalue weighted by molar-refractivity contribution is 5.42. The number of benzene rings is 1. The average molecular weight is 316 g/mol. The second-order valence-electron chi connectivity index (χ2n) is 8.22. The molecule has 2 unspecified atom stereocenters. The minimum absolute atomic E-state index is 0.104. The van der Waals surface area contributed by atoms with Crippen LogP contribution in [0.5, 0.6) is 5.75 Å². The van der Waals surface area contributed by atoms with E-state index < -0.39 is 0 Å². The second-order valence-corrected chi connectivity index (χ2v) is 8.22. The first-order valence-electron chi connectivity index (χ1n) is 9.04. The third-order valence-corrected chi connectivity index (χ3v) is 7.22. The van der Waals surface area contributed by atoms with Gasteiger partial charge in [0, 0.05) is 13.0 Å². The fourth-order valence-corrected chi connectivity index (χ4v) is 6.04. The van der Waals surface area contributed by atoms with Crippen molar-refractivity contribution >= 4 is 0 Å². The zero-order valence-electron chi connectivity index (χ0n) is 14.2. The lowest BCUT2D eigenvalue weighted by Crippen LogP contribution is -2.44. The molecule has 3 heteroatoms. The molecule has 23 heavy (non-hydrogen) atoms. The van der Waals surface area contributed by atoms with Crippen LogP contribution in [0.25, 0.3) is 0 Å². The van der Waals surface area contributed by atoms with Gasteiger partial charge >= 0.3 is 0 Å². The number of hydrogen-bond acceptors (Lipinski definition) is 3. The third kappa shape index (κ3) is 2.24. The van der Waals surface area contributed by atoms with Crippen molar-refractivity contribution in [3.63, 3.8) is 0 Å². The number of aliphatic hydroxyl groups is 1. The van der Waals surface area contributed by atoms with Gasteiger partial charge in [-0.1, -0.05) is 13.0 Å². The number of methoxy groups -OCH3 is 1. The molecule has 3 aliphatic carbocycles. The molecule has 3 aliphatic rings. The Bertz CT molecular complexity index is 599. The molecule has 0 aromatic heterocycles. The Kier molecular flexibility index (Phi) is 3.69. The Morgan fingerprint density at radius 2 is 2.04 bits per heavy atom. The van der Waals surface area contributed by atoms with Gasteiger partial charge in [-0.25, -0.2) is 0 Å². The molecule has 4 rings (SSSR count). The molecule has 126 valence electrons. The molecule has 2 saturated carbocycles. The SMILES string of the molecule is COC[C@@H]1C[C@H]2C3CCC(O)[C@@]3(C)CC[C@@H]2c2ccc(O)cc21. The van der Waals surface area contributed by atoms with E-state index in [9.17, 15) is 10.2 Å². The first kappa shape index (κ1) is 15.5. The zero-order valence-corrected chi connectivity index (χ0v) is 14.2. The molecule has 0 heterocycles. The van der Waals surface area contributed by atoms with Crippen molar-refractivity contribution in [1.29, 1.82) is 0 Å². The Labute approximate surface area is 138 Å². The van der Waals surface area contributed by atoms with Crippen molar-refractivity contribution in [2.24, 2.45) is 17.3 Å². The molecule has 0 aliphatic heterocycles. The molecule has 3 nitrogen and oxygen atoms in total. The summed E-state index contributed by atoms with van der Waals surface area (Å²) in [6.07, 6.45) is 5.40. The fourth-order valence-electron chi connectivity index (χ4n) is 6.04. The van der Waals surface area contributed by atoms with E-state index in [0.29, 0.717) is 36.0 Å². The molecule has 0 amide bonds. The topological polar surface area (TPSA) is 49.7 Å². The molecule has 0 spiro atoms. The van der Waals surface area contributed by atoms with E-state index in [4.69, 9.17) is 4.74 Å². The van der Waals surface area contributed by atoms with E-state index in [1.807, 2.05) is 12.1 Å². The minimum atomic E-state index is -0.129. The number of phenols is 1. The molecule has 1 aromatic carbocycles. The highest BCUT2D eigenvalue weighted by Gasteiger charge is 2.55. The number of aliphatic hydroxyl groups excluding tert-OH is 1. The van der Waals surface area contributed by atoms with E-state index in [1.165, 1.54) is 11.1 Å². The average Bonchev–Trinajstić information content (AvgIpc) is 2.83. The standard InChI is InChI=1S/C20H28O3/c1-20-8-7-15-14-4-3-13(21)10-16(14)12(11-23-2)9-17(15)18(20)5-6-19(20)22/h3-4,10,12,15,17-19,21-22H,5-9,11H2,1-2H3/t12-,15+,17+,18?,19?,20-/m0/s1. The molecular weight excluding hydrogens is 288 g/mol. The largest absolute Gasteiger partial charge is 0.508 e. The summed E-state index contributed by atoms with van der Waals surface area (Å²) in [6, 6.07) is 5.92. The van der Waals surface area contributed by atoms with Gasteiger partial charge in [-0.05, 0) is 78.5 Å². The van der Waals surface area contributed by atoms with Gasteiger partial charge in [-0.15, -0.1) is 0 Å². The predicted molar refractivity (Wildman–Crippen MR) is 89.6 cm³/mol. The Morgan fingerprint density at radius 1 is 1.22 bits per heavy atom. The van der Waals surface area contributed by atoms with Gasteiger partial charge in [0.15, 0.2) is 0 Å². The summed E-state index contributed by atoms with van der Waals surface area (Å²) in [6.45, 7) is 3.02. The van der Waals surface area contributed by atoms with Crippen molar-refractivity contribution in [2.45, 2.75) is 57.0 Å². The normalized spacial score (nSPS) is 42.0. The summed E-state index contributed by atoms with van der Waals surface area (Å²) < 4.78 is 5.48. The van der Waals surface area contributed by atoms with Crippen LogP contribution in [-0.2, 0) is 4.74 Å². The highest BCUT2D eigenvalue weighted by atomic mass is 16.5. The monoisotopic (exact) mass is 316 g/mol. The quantitative estimate of drug-likeness (QED) is 0.872. The molecular formula is C20H28O3. The van der Waals surface area contributed by atoms with Gasteiger partial charge in [-0.3, -0.25) is 0 Å². The zero-order chi connectivity index (χ0) is 16.2. The fraction of sp³-hybridized carbons (Fsp3) is 0.700. The third-order valence-electron chi connectivity index (χ3n) is 7.22. The van der Waals surface area contributed by atoms with Crippen LogP contribution in [-0.4, -0.2) is 30.0 Å². The lowest BCUT2D eigenvalue weighted by Gasteiger charge is -2.51. The minimum Gasteiger partial charge on any atom is -0.508 e. The van der Waals surface area contributed by atoms with Crippen LogP contribution < -0.4 is 0 Å². The van der Waals surface area contributed by atoms with Gasteiger partial charge < -0.3 is 14.9 Å². The summed E-state index contributed by atoms with van der Waals surface area (Å²) in [7, 11) is 1.76. The molecule has 0 bridgehead atoms. The maximum absolute atomic E-state index is 10.5. The van der Waals surface area contributed by atoms with Crippen molar-refractivity contribution in [3.05, 3.63) is 29.3 Å². The molecule has 2 fully saturated rings. The first-order valence-corrected chi connectivity index (χ1v) is 9.04. The molecule has 0 saturated heterocycles. The van der Waals surface area contributed by atoms with Gasteiger partial charge in [0.2, 0.25) is 0 Å². The number of hydrogen-bond donors (Lipinski definition) is 2. The summed E-state index contributed by atoms with van der Waals surface area (Å²) in [4.78, 5) is 0. The van der Waals surface area contributed by atoms with E-state index in [1.54, 1.807) is 7.11 Å². The summed E-state index contributed by atoms with van der Waals surface area (Å²) in [5, 5.41) is 20.4. The van der Waals surface area contributed by atoms with E-state index in [-0.39, 0.29) is 11.5 Å². The van der Waals surface area contributed by atoms with E-state index >= 15 is 0 Å². The summed E-state index contributed by atoms with van der Waals surface area (Å²) >= 11 is 0. The number of ether oxygens (including phenoxy) is 1. The molecule has 6 atom stereocenters. The van der Waals surface area contributed by atoms with Crippen LogP contribution in [0, 0.1) is 17.3 Å². The van der Waals surface area contributed by atoms with Gasteiger partial charge in [-0.2, -0.15) is 0 Å². The first-order chi connectivity index (χ1) is 11.0. The van der Waals surface area contributed by atoms with Crippen molar-refractivity contribution in [2.75, 3.05) is 13.7 Å². The van der Waals surface area contributed by atoms with Crippen LogP contribution in [0.1, 0.15) is 62.0 Å². The molecule has 2 N–H and O–H groups in total. The van der Waals surface area contributed by atoms with E-state index in [2.05, 4.69) is 13.0 Å². The maximum atomic E-state index is 10.5. The second kappa shape index (κ2) is 5.49. The Balaban J connectivity index is 1.74. The smallest absolute Gasteiger partial charge is 0.115 e. The van der Waals surface area contributed by atoms with Crippen molar-refractivity contribution in [1.82, 2.24) is 0 Å². The van der Waals surface area contributed by atoms with Gasteiger partial charge in [0.05, 0.1) is 12.7 Å². The summed E-state index contributed by atoms with van der Waals surface area (Å²) in [5.74, 6) is 2.58. The Morgan fingerprint density at radius 3 is 2.83 bits per heavy atom. The highest BCUT2D eigenvalue weighted by Crippen LogP contribution is 2.62. The van der Waals surface area contributed by atoms with Crippen molar-refractivity contribution < 1.29 is 14.9 Å². The van der Waals surface area contributed by atoms with Crippen LogP contribution in [0.4, 0.5) is 0 Å². The van der Waals surface area contributed by atoms with E-state index in [0.717, 1.165) is 32.1 Å². The molecule has 0 radical (unpaired) electrons. The van der Waals surface area contributed by atoms with Crippen LogP contribution in [0.2, 0.25) is 0 Å². The Hall–Kier alpha value is -1.06. The number of rotatable bonds is 2. The maximum Gasteiger partial charge on any atom is 0.115 e. The van der Waals surface area contributed by atoms with Crippen molar-refractivity contribution in [3.8, 4) is 5.75 Å². The number of fused-ring (bicyclic) bond motifs is 5. The lowest BCUT2D eigenvalue weighted by molar-refractivity contribution is -0.0273. The van der Waals surface area contributed by atoms with Crippen LogP contribution in [0.3, 0.4) is 0 Å². The van der Waals surface area contributed by atoms with Crippen LogP contribution in [0.15, 0.2) is 18.2 Å². The lowest BCUT2D eigenvalue weighted by atomic mass is 9.54.